The fourth-order valence-corrected chi connectivity index (χ4v) is 2.89. The molecule has 3 rings (SSSR count). The molecule has 3 aromatic rings. The lowest BCUT2D eigenvalue weighted by atomic mass is 10.1. The number of hydrogen-bond donors (Lipinski definition) is 1. The van der Waals surface area contributed by atoms with Crippen LogP contribution in [0.2, 0.25) is 0 Å². The minimum Gasteiger partial charge on any atom is -0.469 e. The molecular weight excluding hydrogens is 338 g/mol. The second-order valence-corrected chi connectivity index (χ2v) is 6.35. The first-order valence-electron chi connectivity index (χ1n) is 8.31. The van der Waals surface area contributed by atoms with Gasteiger partial charge in [0.2, 0.25) is 5.91 Å². The van der Waals surface area contributed by atoms with Gasteiger partial charge in [0.15, 0.2) is 11.2 Å². The summed E-state index contributed by atoms with van der Waals surface area (Å²) in [5.74, 6) is 0.454. The van der Waals surface area contributed by atoms with Crippen LogP contribution in [0.25, 0.3) is 11.2 Å². The Kier molecular flexibility index (Phi) is 4.79. The van der Waals surface area contributed by atoms with Gasteiger partial charge in [0.1, 0.15) is 12.3 Å². The molecule has 3 heterocycles. The van der Waals surface area contributed by atoms with Crippen molar-refractivity contribution in [2.75, 3.05) is 0 Å². The van der Waals surface area contributed by atoms with E-state index in [0.29, 0.717) is 18.5 Å². The van der Waals surface area contributed by atoms with E-state index in [1.807, 2.05) is 19.1 Å². The van der Waals surface area contributed by atoms with E-state index >= 15 is 0 Å². The Morgan fingerprint density at radius 3 is 2.81 bits per heavy atom. The summed E-state index contributed by atoms with van der Waals surface area (Å²) in [6, 6.07) is 3.57. The Morgan fingerprint density at radius 1 is 1.35 bits per heavy atom. The summed E-state index contributed by atoms with van der Waals surface area (Å²) in [6.45, 7) is 1.53. The van der Waals surface area contributed by atoms with Crippen molar-refractivity contribution in [3.63, 3.8) is 0 Å². The molecule has 0 bridgehead atoms. The van der Waals surface area contributed by atoms with Crippen molar-refractivity contribution in [2.45, 2.75) is 32.4 Å². The summed E-state index contributed by atoms with van der Waals surface area (Å²) < 4.78 is 9.00. The number of aromatic nitrogens is 4. The van der Waals surface area contributed by atoms with Crippen molar-refractivity contribution >= 4 is 17.1 Å². The van der Waals surface area contributed by atoms with Crippen LogP contribution in [-0.2, 0) is 31.9 Å². The van der Waals surface area contributed by atoms with Gasteiger partial charge in [-0.05, 0) is 25.5 Å². The fourth-order valence-electron chi connectivity index (χ4n) is 2.89. The Morgan fingerprint density at radius 2 is 2.12 bits per heavy atom. The SMILES string of the molecule is CC(CCc1ccco1)NC(=O)Cn1c(=O)c2c(ncn2C)n(C)c1=O. The highest BCUT2D eigenvalue weighted by Gasteiger charge is 2.17. The minimum absolute atomic E-state index is 0.118. The fraction of sp³-hybridized carbons (Fsp3) is 0.412. The van der Waals surface area contributed by atoms with Crippen molar-refractivity contribution in [1.29, 1.82) is 0 Å². The highest BCUT2D eigenvalue weighted by atomic mass is 16.3. The molecule has 1 unspecified atom stereocenters. The number of amides is 1. The van der Waals surface area contributed by atoms with E-state index in [1.165, 1.54) is 22.5 Å². The van der Waals surface area contributed by atoms with Crippen molar-refractivity contribution in [2.24, 2.45) is 14.1 Å². The van der Waals surface area contributed by atoms with Gasteiger partial charge in [-0.15, -0.1) is 0 Å². The third kappa shape index (κ3) is 3.32. The van der Waals surface area contributed by atoms with E-state index in [2.05, 4.69) is 10.3 Å². The van der Waals surface area contributed by atoms with E-state index in [0.717, 1.165) is 10.3 Å². The third-order valence-corrected chi connectivity index (χ3v) is 4.31. The molecule has 0 saturated carbocycles. The molecule has 26 heavy (non-hydrogen) atoms. The molecular formula is C17H21N5O4. The van der Waals surface area contributed by atoms with Crippen LogP contribution in [0.15, 0.2) is 38.7 Å². The number of carbonyl (C=O) groups excluding carboxylic acids is 1. The predicted octanol–water partition coefficient (Wildman–Crippen LogP) is 0.164. The van der Waals surface area contributed by atoms with E-state index in [9.17, 15) is 14.4 Å². The largest absolute Gasteiger partial charge is 0.469 e. The molecule has 9 heteroatoms. The molecule has 0 aliphatic rings. The number of furan rings is 1. The second kappa shape index (κ2) is 7.03. The topological polar surface area (TPSA) is 104 Å². The molecule has 0 aromatic carbocycles. The zero-order valence-corrected chi connectivity index (χ0v) is 14.9. The molecule has 1 atom stereocenters. The first-order chi connectivity index (χ1) is 12.4. The minimum atomic E-state index is -0.570. The molecule has 0 spiro atoms. The Labute approximate surface area is 148 Å². The van der Waals surface area contributed by atoms with E-state index in [4.69, 9.17) is 4.42 Å². The van der Waals surface area contributed by atoms with Crippen LogP contribution >= 0.6 is 0 Å². The standard InChI is InChI=1S/C17H21N5O4/c1-11(6-7-12-5-4-8-26-12)19-13(23)9-22-16(24)14-15(18-10-20(14)2)21(3)17(22)25/h4-5,8,10-11H,6-7,9H2,1-3H3,(H,19,23). The molecule has 3 aromatic heterocycles. The Hall–Kier alpha value is -3.10. The molecule has 9 nitrogen and oxygen atoms in total. The number of carbonyl (C=O) groups is 1. The first-order valence-corrected chi connectivity index (χ1v) is 8.31. The van der Waals surface area contributed by atoms with Crippen LogP contribution in [0.4, 0.5) is 0 Å². The van der Waals surface area contributed by atoms with Gasteiger partial charge in [0.05, 0.1) is 12.6 Å². The van der Waals surface area contributed by atoms with Crippen LogP contribution < -0.4 is 16.6 Å². The number of aryl methyl sites for hydroxylation is 3. The molecule has 1 N–H and O–H groups in total. The lowest BCUT2D eigenvalue weighted by molar-refractivity contribution is -0.122. The van der Waals surface area contributed by atoms with Gasteiger partial charge in [-0.25, -0.2) is 14.3 Å². The zero-order chi connectivity index (χ0) is 18.8. The number of fused-ring (bicyclic) bond motifs is 1. The van der Waals surface area contributed by atoms with Crippen molar-refractivity contribution < 1.29 is 9.21 Å². The Bertz CT molecular complexity index is 1040. The van der Waals surface area contributed by atoms with Crippen LogP contribution in [0.5, 0.6) is 0 Å². The summed E-state index contributed by atoms with van der Waals surface area (Å²) in [5.41, 5.74) is -0.516. The van der Waals surface area contributed by atoms with Crippen LogP contribution in [0.1, 0.15) is 19.1 Å². The number of hydrogen-bond acceptors (Lipinski definition) is 5. The monoisotopic (exact) mass is 359 g/mol. The highest BCUT2D eigenvalue weighted by molar-refractivity contribution is 5.76. The van der Waals surface area contributed by atoms with Crippen molar-refractivity contribution in [3.05, 3.63) is 51.3 Å². The van der Waals surface area contributed by atoms with E-state index in [1.54, 1.807) is 13.3 Å². The van der Waals surface area contributed by atoms with Crippen LogP contribution in [-0.4, -0.2) is 30.6 Å². The van der Waals surface area contributed by atoms with Gasteiger partial charge in [-0.3, -0.25) is 14.2 Å². The van der Waals surface area contributed by atoms with Gasteiger partial charge >= 0.3 is 5.69 Å². The zero-order valence-electron chi connectivity index (χ0n) is 14.9. The molecule has 0 aliphatic heterocycles. The molecule has 0 saturated heterocycles. The molecule has 0 radical (unpaired) electrons. The van der Waals surface area contributed by atoms with Crippen molar-refractivity contribution in [3.8, 4) is 0 Å². The second-order valence-electron chi connectivity index (χ2n) is 6.35. The Balaban J connectivity index is 1.74. The summed E-state index contributed by atoms with van der Waals surface area (Å²) in [4.78, 5) is 41.3. The predicted molar refractivity (Wildman–Crippen MR) is 94.8 cm³/mol. The smallest absolute Gasteiger partial charge is 0.332 e. The summed E-state index contributed by atoms with van der Waals surface area (Å²) in [7, 11) is 3.19. The molecule has 0 aliphatic carbocycles. The van der Waals surface area contributed by atoms with Gasteiger partial charge in [0, 0.05) is 26.6 Å². The van der Waals surface area contributed by atoms with Crippen LogP contribution in [0, 0.1) is 0 Å². The average Bonchev–Trinajstić information content (AvgIpc) is 3.24. The lowest BCUT2D eigenvalue weighted by Gasteiger charge is -2.14. The summed E-state index contributed by atoms with van der Waals surface area (Å²) in [6.07, 6.45) is 4.45. The molecule has 138 valence electrons. The van der Waals surface area contributed by atoms with Gasteiger partial charge < -0.3 is 14.3 Å². The first kappa shape index (κ1) is 17.7. The third-order valence-electron chi connectivity index (χ3n) is 4.31. The van der Waals surface area contributed by atoms with Crippen molar-refractivity contribution in [1.82, 2.24) is 24.0 Å². The van der Waals surface area contributed by atoms with Crippen LogP contribution in [0.3, 0.4) is 0 Å². The number of imidazole rings is 1. The summed E-state index contributed by atoms with van der Waals surface area (Å²) in [5, 5.41) is 2.81. The van der Waals surface area contributed by atoms with Gasteiger partial charge in [-0.2, -0.15) is 0 Å². The number of nitrogens with zero attached hydrogens (tertiary/aromatic N) is 4. The molecule has 1 amide bonds. The maximum absolute atomic E-state index is 12.6. The lowest BCUT2D eigenvalue weighted by Crippen LogP contribution is -2.45. The van der Waals surface area contributed by atoms with E-state index in [-0.39, 0.29) is 18.1 Å². The quantitative estimate of drug-likeness (QED) is 0.675. The number of rotatable bonds is 6. The van der Waals surface area contributed by atoms with Gasteiger partial charge in [-0.1, -0.05) is 0 Å². The summed E-state index contributed by atoms with van der Waals surface area (Å²) >= 11 is 0. The van der Waals surface area contributed by atoms with E-state index < -0.39 is 17.2 Å². The maximum atomic E-state index is 12.6. The van der Waals surface area contributed by atoms with Gasteiger partial charge in [0.25, 0.3) is 5.56 Å². The normalized spacial score (nSPS) is 12.4. The highest BCUT2D eigenvalue weighted by Crippen LogP contribution is 2.06. The average molecular weight is 359 g/mol. The maximum Gasteiger partial charge on any atom is 0.332 e. The number of nitrogens with one attached hydrogen (secondary N) is 1. The molecule has 0 fully saturated rings.